The fourth-order valence-electron chi connectivity index (χ4n) is 8.05. The third kappa shape index (κ3) is 3.46. The fourth-order valence-corrected chi connectivity index (χ4v) is 8.05. The van der Waals surface area contributed by atoms with Crippen LogP contribution in [0.15, 0.2) is 23.3 Å². The zero-order chi connectivity index (χ0) is 21.8. The predicted molar refractivity (Wildman–Crippen MR) is 124 cm³/mol. The number of fused-ring (bicyclic) bond motifs is 4. The molecule has 4 rings (SSSR count). The molecule has 0 spiro atoms. The summed E-state index contributed by atoms with van der Waals surface area (Å²) < 4.78 is 0. The molecule has 3 unspecified atom stereocenters. The molecule has 0 aromatic carbocycles. The van der Waals surface area contributed by atoms with Crippen LogP contribution in [0.2, 0.25) is 0 Å². The number of Topliss-reactive ketones (excluding diaryl/α,β-unsaturated/α-hetero) is 1. The van der Waals surface area contributed by atoms with E-state index in [1.807, 2.05) is 0 Å². The molecule has 0 aliphatic heterocycles. The summed E-state index contributed by atoms with van der Waals surface area (Å²) in [7, 11) is 0. The highest BCUT2D eigenvalue weighted by Crippen LogP contribution is 2.65. The maximum Gasteiger partial charge on any atom is 0.159 e. The first-order chi connectivity index (χ1) is 14.1. The van der Waals surface area contributed by atoms with Gasteiger partial charge < -0.3 is 5.11 Å². The first-order valence-electron chi connectivity index (χ1n) is 12.7. The van der Waals surface area contributed by atoms with Crippen LogP contribution in [0.1, 0.15) is 98.8 Å². The van der Waals surface area contributed by atoms with Gasteiger partial charge >= 0.3 is 0 Å². The Hall–Kier alpha value is -0.890. The fraction of sp³-hybridized carbons (Fsp3) is 0.821. The molecule has 0 amide bonds. The summed E-state index contributed by atoms with van der Waals surface area (Å²) in [5, 5.41) is 10.2. The van der Waals surface area contributed by atoms with Gasteiger partial charge in [0, 0.05) is 6.42 Å². The first-order valence-corrected chi connectivity index (χ1v) is 12.7. The lowest BCUT2D eigenvalue weighted by atomic mass is 9.50. The molecule has 7 atom stereocenters. The SMILES string of the molecule is C=C(CC[C@@H](C)C1CCC2C3=C(CC[C@@]21C)[C@@]1(C)CC[C@H](O)CC1CC3=O)C(C)C. The Labute approximate surface area is 184 Å². The van der Waals surface area contributed by atoms with Crippen LogP contribution >= 0.6 is 0 Å². The van der Waals surface area contributed by atoms with Crippen molar-refractivity contribution in [2.75, 3.05) is 0 Å². The minimum atomic E-state index is -0.204. The van der Waals surface area contributed by atoms with Crippen molar-refractivity contribution >= 4 is 5.78 Å². The van der Waals surface area contributed by atoms with Crippen molar-refractivity contribution in [3.05, 3.63) is 23.3 Å². The van der Waals surface area contributed by atoms with Gasteiger partial charge in [-0.05, 0) is 104 Å². The number of aliphatic hydroxyl groups excluding tert-OH is 1. The number of carbonyl (C=O) groups is 1. The number of hydrogen-bond acceptors (Lipinski definition) is 2. The van der Waals surface area contributed by atoms with Crippen LogP contribution in [-0.2, 0) is 4.79 Å². The summed E-state index contributed by atoms with van der Waals surface area (Å²) in [6, 6.07) is 0. The normalized spacial score (nSPS) is 42.0. The monoisotopic (exact) mass is 412 g/mol. The molecular formula is C28H44O2. The molecule has 4 aliphatic rings. The van der Waals surface area contributed by atoms with Crippen LogP contribution in [0.3, 0.4) is 0 Å². The number of carbonyl (C=O) groups excluding carboxylic acids is 1. The summed E-state index contributed by atoms with van der Waals surface area (Å²) in [6.45, 7) is 16.2. The summed E-state index contributed by atoms with van der Waals surface area (Å²) in [4.78, 5) is 13.4. The molecule has 0 saturated heterocycles. The smallest absolute Gasteiger partial charge is 0.159 e. The van der Waals surface area contributed by atoms with Crippen molar-refractivity contribution in [1.29, 1.82) is 0 Å². The van der Waals surface area contributed by atoms with Crippen LogP contribution in [0.4, 0.5) is 0 Å². The van der Waals surface area contributed by atoms with Crippen LogP contribution in [0.5, 0.6) is 0 Å². The lowest BCUT2D eigenvalue weighted by Crippen LogP contribution is -2.48. The van der Waals surface area contributed by atoms with E-state index in [0.29, 0.717) is 35.9 Å². The van der Waals surface area contributed by atoms with Gasteiger partial charge in [0.2, 0.25) is 0 Å². The van der Waals surface area contributed by atoms with Gasteiger partial charge in [-0.25, -0.2) is 0 Å². The summed E-state index contributed by atoms with van der Waals surface area (Å²) >= 11 is 0. The van der Waals surface area contributed by atoms with E-state index in [0.717, 1.165) is 38.0 Å². The number of rotatable bonds is 5. The van der Waals surface area contributed by atoms with E-state index in [2.05, 4.69) is 41.2 Å². The Morgan fingerprint density at radius 1 is 1.17 bits per heavy atom. The van der Waals surface area contributed by atoms with E-state index < -0.39 is 0 Å². The third-order valence-electron chi connectivity index (χ3n) is 10.3. The van der Waals surface area contributed by atoms with Gasteiger partial charge in [0.25, 0.3) is 0 Å². The average molecular weight is 413 g/mol. The number of ketones is 1. The zero-order valence-electron chi connectivity index (χ0n) is 20.1. The van der Waals surface area contributed by atoms with Gasteiger partial charge in [-0.15, -0.1) is 0 Å². The van der Waals surface area contributed by atoms with Gasteiger partial charge in [-0.2, -0.15) is 0 Å². The Morgan fingerprint density at radius 3 is 2.60 bits per heavy atom. The van der Waals surface area contributed by atoms with E-state index in [9.17, 15) is 9.90 Å². The van der Waals surface area contributed by atoms with Crippen molar-refractivity contribution in [3.8, 4) is 0 Å². The first kappa shape index (κ1) is 22.3. The number of allylic oxidation sites excluding steroid dienone is 3. The largest absolute Gasteiger partial charge is 0.393 e. The van der Waals surface area contributed by atoms with Gasteiger partial charge in [0.1, 0.15) is 0 Å². The van der Waals surface area contributed by atoms with Crippen LogP contribution in [-0.4, -0.2) is 17.0 Å². The Morgan fingerprint density at radius 2 is 1.90 bits per heavy atom. The van der Waals surface area contributed by atoms with Gasteiger partial charge in [-0.1, -0.05) is 52.3 Å². The maximum absolute atomic E-state index is 13.4. The summed E-state index contributed by atoms with van der Waals surface area (Å²) in [5.41, 5.74) is 4.60. The Bertz CT molecular complexity index is 746. The highest BCUT2D eigenvalue weighted by atomic mass is 16.3. The average Bonchev–Trinajstić information content (AvgIpc) is 3.04. The topological polar surface area (TPSA) is 37.3 Å². The second kappa shape index (κ2) is 7.91. The van der Waals surface area contributed by atoms with E-state index >= 15 is 0 Å². The minimum absolute atomic E-state index is 0.155. The molecule has 2 nitrogen and oxygen atoms in total. The maximum atomic E-state index is 13.4. The van der Waals surface area contributed by atoms with Crippen LogP contribution < -0.4 is 0 Å². The molecule has 2 saturated carbocycles. The van der Waals surface area contributed by atoms with E-state index in [4.69, 9.17) is 0 Å². The zero-order valence-corrected chi connectivity index (χ0v) is 20.1. The Kier molecular flexibility index (Phi) is 5.88. The van der Waals surface area contributed by atoms with Crippen molar-refractivity contribution < 1.29 is 9.90 Å². The van der Waals surface area contributed by atoms with Gasteiger partial charge in [0.05, 0.1) is 6.10 Å². The Balaban J connectivity index is 1.58. The van der Waals surface area contributed by atoms with E-state index in [1.165, 1.54) is 42.4 Å². The second-order valence-electron chi connectivity index (χ2n) is 12.1. The van der Waals surface area contributed by atoms with E-state index in [-0.39, 0.29) is 16.9 Å². The molecule has 4 aliphatic carbocycles. The highest BCUT2D eigenvalue weighted by molar-refractivity contribution is 5.98. The second-order valence-corrected chi connectivity index (χ2v) is 12.1. The predicted octanol–water partition coefficient (Wildman–Crippen LogP) is 6.88. The van der Waals surface area contributed by atoms with Crippen molar-refractivity contribution in [2.45, 2.75) is 105 Å². The lowest BCUT2D eigenvalue weighted by molar-refractivity contribution is -0.121. The molecule has 2 heteroatoms. The molecule has 168 valence electrons. The molecule has 1 N–H and O–H groups in total. The quantitative estimate of drug-likeness (QED) is 0.500. The van der Waals surface area contributed by atoms with Gasteiger partial charge in [-0.3, -0.25) is 4.79 Å². The molecule has 0 bridgehead atoms. The standard InChI is InChI=1S/C28H44O2/c1-17(2)18(3)7-8-19(4)22-9-10-23-26-24(12-14-28(22,23)6)27(5)13-11-21(29)15-20(27)16-25(26)30/h17,19-23,29H,3,7-16H2,1-2,4-6H3/t19-,20?,21+,22?,23?,27+,28-/m1/s1. The molecular weight excluding hydrogens is 368 g/mol. The van der Waals surface area contributed by atoms with E-state index in [1.54, 1.807) is 0 Å². The molecule has 0 heterocycles. The van der Waals surface area contributed by atoms with Crippen molar-refractivity contribution in [2.24, 2.45) is 40.4 Å². The number of hydrogen-bond donors (Lipinski definition) is 1. The molecule has 0 radical (unpaired) electrons. The third-order valence-corrected chi connectivity index (χ3v) is 10.3. The molecule has 2 fully saturated rings. The molecule has 30 heavy (non-hydrogen) atoms. The highest BCUT2D eigenvalue weighted by Gasteiger charge is 2.57. The number of aliphatic hydroxyl groups is 1. The van der Waals surface area contributed by atoms with Crippen LogP contribution in [0, 0.1) is 40.4 Å². The summed E-state index contributed by atoms with van der Waals surface area (Å²) in [6.07, 6.45) is 10.5. The molecule has 0 aromatic heterocycles. The van der Waals surface area contributed by atoms with Gasteiger partial charge in [0.15, 0.2) is 5.78 Å². The van der Waals surface area contributed by atoms with Crippen molar-refractivity contribution in [3.63, 3.8) is 0 Å². The van der Waals surface area contributed by atoms with Crippen molar-refractivity contribution in [1.82, 2.24) is 0 Å². The lowest BCUT2D eigenvalue weighted by Gasteiger charge is -2.54. The minimum Gasteiger partial charge on any atom is -0.393 e. The molecule has 0 aromatic rings. The summed E-state index contributed by atoms with van der Waals surface area (Å²) in [5.74, 6) is 3.26. The van der Waals surface area contributed by atoms with Crippen LogP contribution in [0.25, 0.3) is 0 Å².